The van der Waals surface area contributed by atoms with E-state index in [9.17, 15) is 9.59 Å². The van der Waals surface area contributed by atoms with Gasteiger partial charge < -0.3 is 0 Å². The summed E-state index contributed by atoms with van der Waals surface area (Å²) in [5, 5.41) is 0.847. The lowest BCUT2D eigenvalue weighted by Crippen LogP contribution is -2.30. The lowest BCUT2D eigenvalue weighted by Gasteiger charge is -2.23. The predicted octanol–water partition coefficient (Wildman–Crippen LogP) is 2.89. The van der Waals surface area contributed by atoms with Gasteiger partial charge in [-0.2, -0.15) is 0 Å². The van der Waals surface area contributed by atoms with Crippen LogP contribution in [0.15, 0.2) is 18.2 Å². The van der Waals surface area contributed by atoms with Crippen LogP contribution in [0, 0.1) is 11.8 Å². The van der Waals surface area contributed by atoms with Gasteiger partial charge in [-0.05, 0) is 31.0 Å². The number of rotatable bonds is 1. The van der Waals surface area contributed by atoms with Crippen molar-refractivity contribution in [3.05, 3.63) is 28.2 Å². The second-order valence-corrected chi connectivity index (χ2v) is 5.30. The van der Waals surface area contributed by atoms with E-state index in [-0.39, 0.29) is 23.7 Å². The lowest BCUT2D eigenvalue weighted by atomic mass is 9.76. The van der Waals surface area contributed by atoms with E-state index >= 15 is 0 Å². The second kappa shape index (κ2) is 3.72. The zero-order chi connectivity index (χ0) is 12.2. The molecule has 2 amide bonds. The van der Waals surface area contributed by atoms with Crippen molar-refractivity contribution in [2.24, 2.45) is 11.8 Å². The van der Waals surface area contributed by atoms with Crippen LogP contribution in [-0.4, -0.2) is 11.8 Å². The normalized spacial score (nSPS) is 27.1. The van der Waals surface area contributed by atoms with Gasteiger partial charge in [0.25, 0.3) is 0 Å². The zero-order valence-corrected chi connectivity index (χ0v) is 10.3. The lowest BCUT2D eigenvalue weighted by molar-refractivity contribution is -0.123. The van der Waals surface area contributed by atoms with Crippen LogP contribution in [0.5, 0.6) is 0 Å². The number of amides is 2. The number of hydrogen-bond acceptors (Lipinski definition) is 2. The molecule has 0 bridgehead atoms. The molecule has 1 heterocycles. The predicted molar refractivity (Wildman–Crippen MR) is 65.2 cm³/mol. The fraction of sp³-hybridized carbons (Fsp3) is 0.333. The fourth-order valence-corrected chi connectivity index (χ4v) is 2.97. The quantitative estimate of drug-likeness (QED) is 0.736. The minimum absolute atomic E-state index is 0.121. The maximum atomic E-state index is 12.0. The fourth-order valence-electron chi connectivity index (χ4n) is 2.45. The van der Waals surface area contributed by atoms with Gasteiger partial charge in [-0.3, -0.25) is 9.59 Å². The summed E-state index contributed by atoms with van der Waals surface area (Å²) in [5.41, 5.74) is 0.479. The summed E-state index contributed by atoms with van der Waals surface area (Å²) < 4.78 is 0. The van der Waals surface area contributed by atoms with Gasteiger partial charge in [-0.15, -0.1) is 0 Å². The van der Waals surface area contributed by atoms with Gasteiger partial charge in [0.2, 0.25) is 11.8 Å². The number of hydrogen-bond donors (Lipinski definition) is 0. The molecule has 2 aliphatic rings. The highest BCUT2D eigenvalue weighted by atomic mass is 35.5. The molecule has 3 nitrogen and oxygen atoms in total. The summed E-state index contributed by atoms with van der Waals surface area (Å²) in [4.78, 5) is 25.3. The van der Waals surface area contributed by atoms with Gasteiger partial charge in [0.1, 0.15) is 0 Å². The zero-order valence-electron chi connectivity index (χ0n) is 8.82. The summed E-state index contributed by atoms with van der Waals surface area (Å²) >= 11 is 11.8. The molecule has 1 aromatic carbocycles. The number of carbonyl (C=O) groups excluding carboxylic acids is 2. The first-order valence-corrected chi connectivity index (χ1v) is 6.17. The van der Waals surface area contributed by atoms with E-state index in [1.165, 1.54) is 4.90 Å². The number of fused-ring (bicyclic) bond motifs is 1. The molecule has 1 aliphatic heterocycles. The van der Waals surface area contributed by atoms with E-state index in [0.29, 0.717) is 15.7 Å². The van der Waals surface area contributed by atoms with Crippen molar-refractivity contribution in [1.29, 1.82) is 0 Å². The third-order valence-electron chi connectivity index (χ3n) is 3.46. The highest BCUT2D eigenvalue weighted by Gasteiger charge is 2.53. The van der Waals surface area contributed by atoms with Crippen LogP contribution in [0.4, 0.5) is 5.69 Å². The molecule has 1 saturated heterocycles. The SMILES string of the molecule is O=C1C2CCC2C(=O)N1c1cc(Cl)cc(Cl)c1. The van der Waals surface area contributed by atoms with Crippen molar-refractivity contribution in [2.45, 2.75) is 12.8 Å². The molecule has 0 aromatic heterocycles. The van der Waals surface area contributed by atoms with Crippen LogP contribution >= 0.6 is 23.2 Å². The summed E-state index contributed by atoms with van der Waals surface area (Å²) in [5.74, 6) is -0.491. The van der Waals surface area contributed by atoms with E-state index < -0.39 is 0 Å². The van der Waals surface area contributed by atoms with Crippen LogP contribution in [0.3, 0.4) is 0 Å². The number of halogens is 2. The van der Waals surface area contributed by atoms with Gasteiger partial charge in [0.05, 0.1) is 17.5 Å². The van der Waals surface area contributed by atoms with Gasteiger partial charge in [-0.25, -0.2) is 4.90 Å². The number of benzene rings is 1. The van der Waals surface area contributed by atoms with Crippen molar-refractivity contribution in [2.75, 3.05) is 4.90 Å². The van der Waals surface area contributed by atoms with Gasteiger partial charge in [0, 0.05) is 10.0 Å². The molecule has 17 heavy (non-hydrogen) atoms. The molecule has 1 aliphatic carbocycles. The van der Waals surface area contributed by atoms with Crippen molar-refractivity contribution in [3.63, 3.8) is 0 Å². The summed E-state index contributed by atoms with van der Waals surface area (Å²) in [7, 11) is 0. The van der Waals surface area contributed by atoms with E-state index in [1.54, 1.807) is 18.2 Å². The van der Waals surface area contributed by atoms with Crippen LogP contribution in [0.1, 0.15) is 12.8 Å². The highest BCUT2D eigenvalue weighted by Crippen LogP contribution is 2.44. The minimum Gasteiger partial charge on any atom is -0.274 e. The Labute approximate surface area is 108 Å². The Hall–Kier alpha value is -1.06. The molecule has 88 valence electrons. The molecule has 3 rings (SSSR count). The van der Waals surface area contributed by atoms with E-state index in [2.05, 4.69) is 0 Å². The molecule has 2 unspecified atom stereocenters. The number of imide groups is 1. The molecule has 1 aromatic rings. The Morgan fingerprint density at radius 2 is 1.41 bits per heavy atom. The Morgan fingerprint density at radius 1 is 0.941 bits per heavy atom. The monoisotopic (exact) mass is 269 g/mol. The second-order valence-electron chi connectivity index (χ2n) is 4.43. The molecular weight excluding hydrogens is 261 g/mol. The standard InChI is InChI=1S/C12H9Cl2NO2/c13-6-3-7(14)5-8(4-6)15-11(16)9-1-2-10(9)12(15)17/h3-5,9-10H,1-2H2. The van der Waals surface area contributed by atoms with Crippen molar-refractivity contribution < 1.29 is 9.59 Å². The Kier molecular flexibility index (Phi) is 2.42. The van der Waals surface area contributed by atoms with E-state index in [1.807, 2.05) is 0 Å². The minimum atomic E-state index is -0.125. The molecule has 0 N–H and O–H groups in total. The molecular formula is C12H9Cl2NO2. The number of nitrogens with zero attached hydrogens (tertiary/aromatic N) is 1. The summed E-state index contributed by atoms with van der Waals surface area (Å²) in [6, 6.07) is 4.76. The first-order chi connectivity index (χ1) is 8.08. The molecule has 2 atom stereocenters. The Morgan fingerprint density at radius 3 is 1.82 bits per heavy atom. The molecule has 0 radical (unpaired) electrons. The van der Waals surface area contributed by atoms with E-state index in [0.717, 1.165) is 12.8 Å². The number of anilines is 1. The Bertz CT molecular complexity index is 487. The van der Waals surface area contributed by atoms with Crippen LogP contribution in [0.2, 0.25) is 10.0 Å². The largest absolute Gasteiger partial charge is 0.274 e. The molecule has 0 spiro atoms. The van der Waals surface area contributed by atoms with Crippen LogP contribution < -0.4 is 4.90 Å². The summed E-state index contributed by atoms with van der Waals surface area (Å²) in [6.07, 6.45) is 1.61. The van der Waals surface area contributed by atoms with Crippen molar-refractivity contribution >= 4 is 40.7 Å². The van der Waals surface area contributed by atoms with Gasteiger partial charge in [0.15, 0.2) is 0 Å². The van der Waals surface area contributed by atoms with Gasteiger partial charge >= 0.3 is 0 Å². The highest BCUT2D eigenvalue weighted by molar-refractivity contribution is 6.35. The topological polar surface area (TPSA) is 37.4 Å². The van der Waals surface area contributed by atoms with Gasteiger partial charge in [-0.1, -0.05) is 23.2 Å². The van der Waals surface area contributed by atoms with E-state index in [4.69, 9.17) is 23.2 Å². The third-order valence-corrected chi connectivity index (χ3v) is 3.89. The first kappa shape index (κ1) is 11.1. The van der Waals surface area contributed by atoms with Crippen molar-refractivity contribution in [3.8, 4) is 0 Å². The average Bonchev–Trinajstić information content (AvgIpc) is 2.28. The molecule has 1 saturated carbocycles. The Balaban J connectivity index is 2.03. The van der Waals surface area contributed by atoms with Crippen LogP contribution in [0.25, 0.3) is 0 Å². The summed E-state index contributed by atoms with van der Waals surface area (Å²) in [6.45, 7) is 0. The maximum Gasteiger partial charge on any atom is 0.237 e. The average molecular weight is 270 g/mol. The number of carbonyl (C=O) groups is 2. The first-order valence-electron chi connectivity index (χ1n) is 5.42. The van der Waals surface area contributed by atoms with Crippen LogP contribution in [-0.2, 0) is 9.59 Å². The maximum absolute atomic E-state index is 12.0. The third kappa shape index (κ3) is 1.57. The molecule has 2 fully saturated rings. The smallest absolute Gasteiger partial charge is 0.237 e. The molecule has 5 heteroatoms. The van der Waals surface area contributed by atoms with Crippen molar-refractivity contribution in [1.82, 2.24) is 0 Å².